The van der Waals surface area contributed by atoms with Gasteiger partial charge >= 0.3 is 0 Å². The minimum absolute atomic E-state index is 0.111. The Morgan fingerprint density at radius 1 is 1.09 bits per heavy atom. The lowest BCUT2D eigenvalue weighted by molar-refractivity contribution is -0.115. The second-order valence-corrected chi connectivity index (χ2v) is 7.25. The summed E-state index contributed by atoms with van der Waals surface area (Å²) in [5.74, 6) is -0.111. The Balaban J connectivity index is 1.82. The van der Waals surface area contributed by atoms with Crippen LogP contribution in [-0.4, -0.2) is 11.1 Å². The van der Waals surface area contributed by atoms with Crippen LogP contribution in [0.5, 0.6) is 0 Å². The highest BCUT2D eigenvalue weighted by Gasteiger charge is 2.23. The molecule has 23 heavy (non-hydrogen) atoms. The van der Waals surface area contributed by atoms with Gasteiger partial charge in [-0.2, -0.15) is 0 Å². The maximum Gasteiger partial charge on any atom is 0.264 e. The van der Waals surface area contributed by atoms with E-state index in [2.05, 4.69) is 40.1 Å². The topological polar surface area (TPSA) is 41.5 Å². The van der Waals surface area contributed by atoms with Gasteiger partial charge in [-0.15, -0.1) is 0 Å². The van der Waals surface area contributed by atoms with Crippen molar-refractivity contribution >= 4 is 50.5 Å². The van der Waals surface area contributed by atoms with Crippen LogP contribution < -0.4 is 5.32 Å². The Kier molecular flexibility index (Phi) is 4.68. The Morgan fingerprint density at radius 2 is 1.83 bits per heavy atom. The minimum atomic E-state index is -0.111. The average Bonchev–Trinajstić information content (AvgIpc) is 2.85. The fourth-order valence-electron chi connectivity index (χ4n) is 2.10. The Bertz CT molecular complexity index is 825. The number of nitrogens with zero attached hydrogens (tertiary/aromatic N) is 1. The van der Waals surface area contributed by atoms with E-state index in [9.17, 15) is 4.79 Å². The van der Waals surface area contributed by atoms with E-state index < -0.39 is 0 Å². The number of carbonyl (C=O) groups is 1. The van der Waals surface area contributed by atoms with Crippen molar-refractivity contribution < 1.29 is 4.79 Å². The van der Waals surface area contributed by atoms with Gasteiger partial charge in [-0.3, -0.25) is 4.79 Å². The maximum absolute atomic E-state index is 12.1. The third-order valence-electron chi connectivity index (χ3n) is 3.54. The van der Waals surface area contributed by atoms with Crippen molar-refractivity contribution in [2.75, 3.05) is 0 Å². The summed E-state index contributed by atoms with van der Waals surface area (Å²) in [6.45, 7) is 4.12. The van der Waals surface area contributed by atoms with Crippen LogP contribution in [-0.2, 0) is 4.79 Å². The Hall–Kier alpha value is -1.85. The van der Waals surface area contributed by atoms with Crippen molar-refractivity contribution in [2.24, 2.45) is 4.99 Å². The molecule has 116 valence electrons. The summed E-state index contributed by atoms with van der Waals surface area (Å²) in [4.78, 5) is 17.2. The van der Waals surface area contributed by atoms with Gasteiger partial charge < -0.3 is 5.32 Å². The molecule has 1 saturated heterocycles. The highest BCUT2D eigenvalue weighted by Crippen LogP contribution is 2.28. The number of hydrogen-bond acceptors (Lipinski definition) is 3. The number of thioether (sulfide) groups is 1. The van der Waals surface area contributed by atoms with Gasteiger partial charge in [-0.25, -0.2) is 4.99 Å². The van der Waals surface area contributed by atoms with E-state index in [1.807, 2.05) is 48.5 Å². The molecule has 2 aromatic carbocycles. The second-order valence-electron chi connectivity index (χ2n) is 5.30. The number of nitrogens with one attached hydrogen (secondary N) is 1. The summed E-state index contributed by atoms with van der Waals surface area (Å²) >= 11 is 4.76. The molecule has 0 saturated carbocycles. The van der Waals surface area contributed by atoms with Gasteiger partial charge in [0.1, 0.15) is 0 Å². The van der Waals surface area contributed by atoms with Crippen LogP contribution >= 0.6 is 27.7 Å². The predicted molar refractivity (Wildman–Crippen MR) is 101 cm³/mol. The lowest BCUT2D eigenvalue weighted by Crippen LogP contribution is -2.19. The Morgan fingerprint density at radius 3 is 2.52 bits per heavy atom. The Labute approximate surface area is 148 Å². The van der Waals surface area contributed by atoms with E-state index in [-0.39, 0.29) is 5.91 Å². The summed E-state index contributed by atoms with van der Waals surface area (Å²) in [5, 5.41) is 3.43. The van der Waals surface area contributed by atoms with Crippen LogP contribution in [0.3, 0.4) is 0 Å². The second kappa shape index (κ2) is 6.72. The first kappa shape index (κ1) is 16.0. The number of amidine groups is 1. The zero-order chi connectivity index (χ0) is 16.4. The standard InChI is InChI=1S/C18H15BrN2OS/c1-11-3-8-15(9-12(11)2)20-18-21-17(22)16(23-18)10-13-4-6-14(19)7-5-13/h3-10H,1-2H3,(H,20,21,22)/b16-10+. The monoisotopic (exact) mass is 386 g/mol. The molecular formula is C18H15BrN2OS. The van der Waals surface area contributed by atoms with Gasteiger partial charge in [0, 0.05) is 4.47 Å². The van der Waals surface area contributed by atoms with Crippen LogP contribution in [0.15, 0.2) is 56.8 Å². The maximum atomic E-state index is 12.1. The van der Waals surface area contributed by atoms with E-state index in [4.69, 9.17) is 0 Å². The summed E-state index contributed by atoms with van der Waals surface area (Å²) in [5.41, 5.74) is 4.25. The molecule has 1 heterocycles. The van der Waals surface area contributed by atoms with Crippen molar-refractivity contribution in [3.8, 4) is 0 Å². The normalized spacial score (nSPS) is 17.8. The number of benzene rings is 2. The number of halogens is 1. The fourth-order valence-corrected chi connectivity index (χ4v) is 3.21. The molecule has 1 fully saturated rings. The zero-order valence-electron chi connectivity index (χ0n) is 12.8. The summed E-state index contributed by atoms with van der Waals surface area (Å²) in [6, 6.07) is 13.8. The van der Waals surface area contributed by atoms with Gasteiger partial charge in [-0.1, -0.05) is 34.1 Å². The van der Waals surface area contributed by atoms with Crippen LogP contribution in [0.25, 0.3) is 6.08 Å². The third kappa shape index (κ3) is 3.92. The summed E-state index contributed by atoms with van der Waals surface area (Å²) < 4.78 is 1.01. The summed E-state index contributed by atoms with van der Waals surface area (Å²) in [7, 11) is 0. The average molecular weight is 387 g/mol. The molecule has 3 rings (SSSR count). The number of carbonyl (C=O) groups excluding carboxylic acids is 1. The molecule has 0 unspecified atom stereocenters. The van der Waals surface area contributed by atoms with Crippen LogP contribution in [0, 0.1) is 13.8 Å². The number of hydrogen-bond donors (Lipinski definition) is 1. The number of aliphatic imine (C=N–C) groups is 1. The van der Waals surface area contributed by atoms with Crippen LogP contribution in [0.4, 0.5) is 5.69 Å². The minimum Gasteiger partial charge on any atom is -0.300 e. The molecule has 5 heteroatoms. The molecule has 0 aromatic heterocycles. The van der Waals surface area contributed by atoms with Crippen molar-refractivity contribution in [1.82, 2.24) is 5.32 Å². The molecule has 0 radical (unpaired) electrons. The smallest absolute Gasteiger partial charge is 0.264 e. The largest absolute Gasteiger partial charge is 0.300 e. The molecule has 3 nitrogen and oxygen atoms in total. The molecular weight excluding hydrogens is 372 g/mol. The van der Waals surface area contributed by atoms with Gasteiger partial charge in [0.25, 0.3) is 5.91 Å². The van der Waals surface area contributed by atoms with Crippen LogP contribution in [0.2, 0.25) is 0 Å². The lowest BCUT2D eigenvalue weighted by atomic mass is 10.1. The van der Waals surface area contributed by atoms with Crippen molar-refractivity contribution in [3.05, 3.63) is 68.5 Å². The van der Waals surface area contributed by atoms with Crippen molar-refractivity contribution in [3.63, 3.8) is 0 Å². The van der Waals surface area contributed by atoms with E-state index in [0.29, 0.717) is 10.1 Å². The molecule has 0 spiro atoms. The van der Waals surface area contributed by atoms with E-state index in [1.54, 1.807) is 0 Å². The molecule has 2 aromatic rings. The third-order valence-corrected chi connectivity index (χ3v) is 4.98. The first-order valence-electron chi connectivity index (χ1n) is 7.14. The van der Waals surface area contributed by atoms with Gasteiger partial charge in [0.15, 0.2) is 5.17 Å². The quantitative estimate of drug-likeness (QED) is 0.741. The molecule has 1 amide bonds. The molecule has 1 aliphatic heterocycles. The number of amides is 1. The van der Waals surface area contributed by atoms with Gasteiger partial charge in [-0.05, 0) is 72.6 Å². The highest BCUT2D eigenvalue weighted by molar-refractivity contribution is 9.10. The van der Waals surface area contributed by atoms with Crippen molar-refractivity contribution in [2.45, 2.75) is 13.8 Å². The molecule has 0 aliphatic carbocycles. The van der Waals surface area contributed by atoms with Crippen molar-refractivity contribution in [1.29, 1.82) is 0 Å². The summed E-state index contributed by atoms with van der Waals surface area (Å²) in [6.07, 6.45) is 1.87. The van der Waals surface area contributed by atoms with E-state index in [0.717, 1.165) is 15.7 Å². The molecule has 1 aliphatic rings. The highest BCUT2D eigenvalue weighted by atomic mass is 79.9. The van der Waals surface area contributed by atoms with Gasteiger partial charge in [0.2, 0.25) is 0 Å². The first-order valence-corrected chi connectivity index (χ1v) is 8.74. The predicted octanol–water partition coefficient (Wildman–Crippen LogP) is 4.96. The SMILES string of the molecule is Cc1ccc(N=C2NC(=O)/C(=C\c3ccc(Br)cc3)S2)cc1C. The van der Waals surface area contributed by atoms with E-state index >= 15 is 0 Å². The first-order chi connectivity index (χ1) is 11.0. The van der Waals surface area contributed by atoms with Crippen LogP contribution in [0.1, 0.15) is 16.7 Å². The number of aryl methyl sites for hydroxylation is 2. The molecule has 0 bridgehead atoms. The molecule has 0 atom stereocenters. The zero-order valence-corrected chi connectivity index (χ0v) is 15.2. The van der Waals surface area contributed by atoms with E-state index in [1.165, 1.54) is 22.9 Å². The molecule has 1 N–H and O–H groups in total. The number of rotatable bonds is 2. The fraction of sp³-hybridized carbons (Fsp3) is 0.111. The lowest BCUT2D eigenvalue weighted by Gasteiger charge is -2.01. The van der Waals surface area contributed by atoms with Gasteiger partial charge in [0.05, 0.1) is 10.6 Å².